The van der Waals surface area contributed by atoms with Gasteiger partial charge in [-0.05, 0) is 36.6 Å². The van der Waals surface area contributed by atoms with E-state index in [1.165, 1.54) is 6.08 Å². The number of esters is 1. The van der Waals surface area contributed by atoms with Gasteiger partial charge in [0, 0.05) is 19.8 Å². The van der Waals surface area contributed by atoms with E-state index in [-0.39, 0.29) is 5.57 Å². The summed E-state index contributed by atoms with van der Waals surface area (Å²) in [5, 5.41) is 21.3. The van der Waals surface area contributed by atoms with E-state index in [1.807, 2.05) is 31.1 Å². The average molecular weight is 380 g/mol. The van der Waals surface area contributed by atoms with E-state index in [4.69, 9.17) is 4.74 Å². The second-order valence-corrected chi connectivity index (χ2v) is 7.03. The Labute approximate surface area is 165 Å². The van der Waals surface area contributed by atoms with Gasteiger partial charge >= 0.3 is 5.97 Å². The van der Waals surface area contributed by atoms with E-state index in [0.29, 0.717) is 18.4 Å². The first kappa shape index (κ1) is 21.0. The molecule has 0 radical (unpaired) electrons. The predicted octanol–water partition coefficient (Wildman–Crippen LogP) is 2.55. The fraction of sp³-hybridized carbons (Fsp3) is 0.429. The molecule has 0 bridgehead atoms. The Morgan fingerprint density at radius 2 is 1.82 bits per heavy atom. The number of carbonyl (C=O) groups is 2. The molecule has 0 unspecified atom stereocenters. The van der Waals surface area contributed by atoms with Crippen LogP contribution in [0.2, 0.25) is 0 Å². The van der Waals surface area contributed by atoms with Crippen LogP contribution in [0.4, 0.5) is 5.69 Å². The summed E-state index contributed by atoms with van der Waals surface area (Å²) in [6, 6.07) is 11.3. The minimum atomic E-state index is -0.885. The lowest BCUT2D eigenvalue weighted by molar-refractivity contribution is -0.144. The standard InChI is InChI=1S/C21H24N4O3/c1-25(2)18-8-6-16(7-9-18)12-17(13-22)20(27)28-14-19(26)24-21(15-23)10-4-3-5-11-21/h6-9,12H,3-5,10-11,14H2,1-2H3,(H,24,26). The number of nitrogens with zero attached hydrogens (tertiary/aromatic N) is 3. The second kappa shape index (κ2) is 9.57. The molecule has 146 valence electrons. The van der Waals surface area contributed by atoms with E-state index in [9.17, 15) is 20.1 Å². The van der Waals surface area contributed by atoms with Crippen molar-refractivity contribution in [2.45, 2.75) is 37.6 Å². The third-order valence-electron chi connectivity index (χ3n) is 4.70. The van der Waals surface area contributed by atoms with E-state index >= 15 is 0 Å². The first-order valence-electron chi connectivity index (χ1n) is 9.18. The summed E-state index contributed by atoms with van der Waals surface area (Å²) in [5.74, 6) is -1.41. The number of carbonyl (C=O) groups excluding carboxylic acids is 2. The molecule has 1 aliphatic rings. The lowest BCUT2D eigenvalue weighted by Crippen LogP contribution is -2.50. The second-order valence-electron chi connectivity index (χ2n) is 7.03. The number of nitrogens with one attached hydrogen (secondary N) is 1. The minimum Gasteiger partial charge on any atom is -0.451 e. The summed E-state index contributed by atoms with van der Waals surface area (Å²) < 4.78 is 4.96. The first-order valence-corrected chi connectivity index (χ1v) is 9.18. The zero-order valence-electron chi connectivity index (χ0n) is 16.2. The number of benzene rings is 1. The maximum atomic E-state index is 12.1. The van der Waals surface area contributed by atoms with Gasteiger partial charge in [-0.1, -0.05) is 31.4 Å². The van der Waals surface area contributed by atoms with Crippen LogP contribution in [0.25, 0.3) is 6.08 Å². The summed E-state index contributed by atoms with van der Waals surface area (Å²) in [7, 11) is 3.83. The van der Waals surface area contributed by atoms with Gasteiger partial charge in [0.05, 0.1) is 6.07 Å². The SMILES string of the molecule is CN(C)c1ccc(C=C(C#N)C(=O)OCC(=O)NC2(C#N)CCCCC2)cc1. The minimum absolute atomic E-state index is 0.196. The molecule has 0 aliphatic heterocycles. The summed E-state index contributed by atoms with van der Waals surface area (Å²) in [4.78, 5) is 26.2. The van der Waals surface area contributed by atoms with Gasteiger partial charge in [-0.25, -0.2) is 4.79 Å². The van der Waals surface area contributed by atoms with Crippen LogP contribution in [0, 0.1) is 22.7 Å². The smallest absolute Gasteiger partial charge is 0.349 e. The quantitative estimate of drug-likeness (QED) is 0.462. The number of hydrogen-bond donors (Lipinski definition) is 1. The highest BCUT2D eigenvalue weighted by Gasteiger charge is 2.33. The Morgan fingerprint density at radius 3 is 2.36 bits per heavy atom. The molecule has 1 amide bonds. The molecule has 1 aromatic carbocycles. The molecule has 0 aromatic heterocycles. The third-order valence-corrected chi connectivity index (χ3v) is 4.70. The van der Waals surface area contributed by atoms with Crippen LogP contribution in [0.1, 0.15) is 37.7 Å². The number of hydrogen-bond acceptors (Lipinski definition) is 6. The Morgan fingerprint density at radius 1 is 1.18 bits per heavy atom. The molecule has 0 spiro atoms. The number of rotatable bonds is 6. The summed E-state index contributed by atoms with van der Waals surface area (Å²) >= 11 is 0. The van der Waals surface area contributed by atoms with Gasteiger partial charge in [0.2, 0.25) is 0 Å². The molecule has 1 fully saturated rings. The maximum Gasteiger partial charge on any atom is 0.349 e. The molecular formula is C21H24N4O3. The molecule has 1 N–H and O–H groups in total. The normalized spacial score (nSPS) is 15.6. The van der Waals surface area contributed by atoms with Crippen LogP contribution in [0.15, 0.2) is 29.8 Å². The molecule has 28 heavy (non-hydrogen) atoms. The van der Waals surface area contributed by atoms with Crippen molar-refractivity contribution >= 4 is 23.6 Å². The van der Waals surface area contributed by atoms with Crippen molar-refractivity contribution in [3.63, 3.8) is 0 Å². The zero-order chi connectivity index (χ0) is 20.6. The Kier molecular flexibility index (Phi) is 7.17. The Bertz CT molecular complexity index is 823. The first-order chi connectivity index (χ1) is 13.4. The van der Waals surface area contributed by atoms with Gasteiger partial charge in [0.1, 0.15) is 17.2 Å². The average Bonchev–Trinajstić information content (AvgIpc) is 2.71. The molecule has 2 rings (SSSR count). The number of anilines is 1. The Balaban J connectivity index is 1.95. The molecule has 0 saturated heterocycles. The van der Waals surface area contributed by atoms with Crippen molar-refractivity contribution in [3.05, 3.63) is 35.4 Å². The molecule has 7 heteroatoms. The maximum absolute atomic E-state index is 12.1. The molecule has 0 atom stereocenters. The monoisotopic (exact) mass is 380 g/mol. The lowest BCUT2D eigenvalue weighted by atomic mass is 9.83. The highest BCUT2D eigenvalue weighted by molar-refractivity contribution is 5.98. The summed E-state index contributed by atoms with van der Waals surface area (Å²) in [5.41, 5.74) is 0.584. The van der Waals surface area contributed by atoms with Crippen molar-refractivity contribution in [1.29, 1.82) is 10.5 Å². The highest BCUT2D eigenvalue weighted by atomic mass is 16.5. The summed E-state index contributed by atoms with van der Waals surface area (Å²) in [6.07, 6.45) is 5.39. The lowest BCUT2D eigenvalue weighted by Gasteiger charge is -2.31. The molecule has 1 saturated carbocycles. The largest absolute Gasteiger partial charge is 0.451 e. The molecule has 0 heterocycles. The predicted molar refractivity (Wildman–Crippen MR) is 105 cm³/mol. The number of nitriles is 2. The van der Waals surface area contributed by atoms with Crippen LogP contribution in [-0.4, -0.2) is 38.1 Å². The zero-order valence-corrected chi connectivity index (χ0v) is 16.2. The van der Waals surface area contributed by atoms with Gasteiger partial charge in [0.25, 0.3) is 5.91 Å². The van der Waals surface area contributed by atoms with Crippen molar-refractivity contribution in [1.82, 2.24) is 5.32 Å². The third kappa shape index (κ3) is 5.59. The van der Waals surface area contributed by atoms with Gasteiger partial charge in [0.15, 0.2) is 6.61 Å². The van der Waals surface area contributed by atoms with Crippen LogP contribution >= 0.6 is 0 Å². The molecule has 7 nitrogen and oxygen atoms in total. The van der Waals surface area contributed by atoms with Crippen LogP contribution < -0.4 is 10.2 Å². The topological polar surface area (TPSA) is 106 Å². The van der Waals surface area contributed by atoms with Crippen LogP contribution in [0.3, 0.4) is 0 Å². The van der Waals surface area contributed by atoms with Crippen LogP contribution in [-0.2, 0) is 14.3 Å². The fourth-order valence-electron chi connectivity index (χ4n) is 3.10. The molecule has 1 aromatic rings. The molecular weight excluding hydrogens is 356 g/mol. The van der Waals surface area contributed by atoms with Crippen molar-refractivity contribution in [2.24, 2.45) is 0 Å². The summed E-state index contributed by atoms with van der Waals surface area (Å²) in [6.45, 7) is -0.527. The number of amides is 1. The number of ether oxygens (including phenoxy) is 1. The fourth-order valence-corrected chi connectivity index (χ4v) is 3.10. The van der Waals surface area contributed by atoms with Crippen LogP contribution in [0.5, 0.6) is 0 Å². The molecule has 1 aliphatic carbocycles. The highest BCUT2D eigenvalue weighted by Crippen LogP contribution is 2.27. The van der Waals surface area contributed by atoms with Crippen molar-refractivity contribution in [2.75, 3.05) is 25.6 Å². The van der Waals surface area contributed by atoms with Gasteiger partial charge in [-0.15, -0.1) is 0 Å². The van der Waals surface area contributed by atoms with E-state index in [2.05, 4.69) is 11.4 Å². The van der Waals surface area contributed by atoms with E-state index in [1.54, 1.807) is 18.2 Å². The van der Waals surface area contributed by atoms with E-state index < -0.39 is 24.0 Å². The van der Waals surface area contributed by atoms with Gasteiger partial charge in [-0.2, -0.15) is 10.5 Å². The van der Waals surface area contributed by atoms with E-state index in [0.717, 1.165) is 24.9 Å². The Hall–Kier alpha value is -3.32. The van der Waals surface area contributed by atoms with Crippen molar-refractivity contribution in [3.8, 4) is 12.1 Å². The van der Waals surface area contributed by atoms with Crippen molar-refractivity contribution < 1.29 is 14.3 Å². The van der Waals surface area contributed by atoms with Gasteiger partial charge in [-0.3, -0.25) is 4.79 Å². The van der Waals surface area contributed by atoms with Gasteiger partial charge < -0.3 is 15.0 Å².